The Morgan fingerprint density at radius 2 is 2.06 bits per heavy atom. The lowest BCUT2D eigenvalue weighted by Crippen LogP contribution is -2.19. The first-order valence-corrected chi connectivity index (χ1v) is 6.86. The van der Waals surface area contributed by atoms with Crippen LogP contribution in [0.3, 0.4) is 0 Å². The van der Waals surface area contributed by atoms with Gasteiger partial charge in [-0.05, 0) is 42.4 Å². The molecule has 16 heavy (non-hydrogen) atoms. The van der Waals surface area contributed by atoms with Crippen LogP contribution in [0.4, 0.5) is 5.69 Å². The van der Waals surface area contributed by atoms with E-state index < -0.39 is 0 Å². The maximum absolute atomic E-state index is 8.96. The zero-order valence-electron chi connectivity index (χ0n) is 9.28. The first kappa shape index (κ1) is 11.3. The molecule has 0 atom stereocenters. The average molecular weight is 232 g/mol. The number of nitrogens with one attached hydrogen (secondary N) is 1. The molecule has 1 heterocycles. The summed E-state index contributed by atoms with van der Waals surface area (Å²) < 4.78 is 0. The van der Waals surface area contributed by atoms with Gasteiger partial charge < -0.3 is 5.32 Å². The van der Waals surface area contributed by atoms with E-state index in [0.29, 0.717) is 0 Å². The molecule has 0 bridgehead atoms. The van der Waals surface area contributed by atoms with Crippen molar-refractivity contribution in [3.63, 3.8) is 0 Å². The summed E-state index contributed by atoms with van der Waals surface area (Å²) in [4.78, 5) is 0. The van der Waals surface area contributed by atoms with Gasteiger partial charge in [-0.15, -0.1) is 0 Å². The van der Waals surface area contributed by atoms with Crippen molar-refractivity contribution >= 4 is 17.4 Å². The Bertz CT molecular complexity index is 378. The van der Waals surface area contributed by atoms with Crippen molar-refractivity contribution in [2.45, 2.75) is 12.8 Å². The maximum atomic E-state index is 8.96. The van der Waals surface area contributed by atoms with Gasteiger partial charge in [-0.25, -0.2) is 0 Å². The van der Waals surface area contributed by atoms with Crippen LogP contribution in [0, 0.1) is 17.2 Å². The topological polar surface area (TPSA) is 35.8 Å². The van der Waals surface area contributed by atoms with Gasteiger partial charge in [0.2, 0.25) is 0 Å². The van der Waals surface area contributed by atoms with Crippen LogP contribution >= 0.6 is 11.8 Å². The minimum absolute atomic E-state index is 0.743. The maximum Gasteiger partial charge on any atom is 0.101 e. The van der Waals surface area contributed by atoms with Crippen LogP contribution < -0.4 is 5.32 Å². The van der Waals surface area contributed by atoms with Crippen LogP contribution in [-0.2, 0) is 0 Å². The summed E-state index contributed by atoms with van der Waals surface area (Å²) in [6, 6.07) is 9.94. The lowest BCUT2D eigenvalue weighted by molar-refractivity contribution is 0.516. The summed E-state index contributed by atoms with van der Waals surface area (Å²) in [6.45, 7) is 0.999. The number of anilines is 1. The molecule has 0 radical (unpaired) electrons. The van der Waals surface area contributed by atoms with E-state index in [-0.39, 0.29) is 0 Å². The molecule has 0 spiro atoms. The second kappa shape index (κ2) is 5.81. The van der Waals surface area contributed by atoms with Crippen LogP contribution in [0.1, 0.15) is 18.4 Å². The van der Waals surface area contributed by atoms with Crippen molar-refractivity contribution in [2.24, 2.45) is 5.92 Å². The van der Waals surface area contributed by atoms with Crippen molar-refractivity contribution < 1.29 is 0 Å². The molecule has 1 aromatic rings. The summed E-state index contributed by atoms with van der Waals surface area (Å²) >= 11 is 2.05. The molecule has 2 rings (SSSR count). The molecule has 1 N–H and O–H groups in total. The minimum atomic E-state index is 0.743. The highest BCUT2D eigenvalue weighted by atomic mass is 32.2. The predicted molar refractivity (Wildman–Crippen MR) is 69.7 cm³/mol. The molecule has 0 saturated carbocycles. The van der Waals surface area contributed by atoms with E-state index in [1.165, 1.54) is 24.3 Å². The van der Waals surface area contributed by atoms with Gasteiger partial charge in [0.25, 0.3) is 0 Å². The third-order valence-electron chi connectivity index (χ3n) is 2.97. The molecule has 1 aliphatic rings. The first-order valence-electron chi connectivity index (χ1n) is 5.71. The van der Waals surface area contributed by atoms with Crippen LogP contribution in [-0.4, -0.2) is 18.1 Å². The second-order valence-electron chi connectivity index (χ2n) is 4.09. The summed E-state index contributed by atoms with van der Waals surface area (Å²) in [7, 11) is 0. The molecule has 1 fully saturated rings. The monoisotopic (exact) mass is 232 g/mol. The van der Waals surface area contributed by atoms with Crippen molar-refractivity contribution in [1.29, 1.82) is 5.26 Å². The minimum Gasteiger partial charge on any atom is -0.384 e. The van der Waals surface area contributed by atoms with Crippen LogP contribution in [0.5, 0.6) is 0 Å². The van der Waals surface area contributed by atoms with E-state index in [1.807, 2.05) is 36.0 Å². The van der Waals surface area contributed by atoms with E-state index in [2.05, 4.69) is 11.4 Å². The van der Waals surface area contributed by atoms with Crippen LogP contribution in [0.15, 0.2) is 24.3 Å². The first-order chi connectivity index (χ1) is 7.90. The Hall–Kier alpha value is -1.14. The average Bonchev–Trinajstić information content (AvgIpc) is 2.38. The number of thioether (sulfide) groups is 1. The molecule has 1 aliphatic heterocycles. The van der Waals surface area contributed by atoms with Crippen molar-refractivity contribution in [2.75, 3.05) is 23.4 Å². The molecular formula is C13H16N2S. The highest BCUT2D eigenvalue weighted by molar-refractivity contribution is 7.99. The van der Waals surface area contributed by atoms with E-state index in [9.17, 15) is 0 Å². The van der Waals surface area contributed by atoms with Gasteiger partial charge in [0.1, 0.15) is 6.07 Å². The summed E-state index contributed by atoms with van der Waals surface area (Å²) in [5.74, 6) is 3.34. The molecule has 0 unspecified atom stereocenters. The number of hydrogen-bond donors (Lipinski definition) is 1. The SMILES string of the molecule is N#Cc1ccccc1NCC1CCSCC1. The highest BCUT2D eigenvalue weighted by Gasteiger charge is 2.13. The van der Waals surface area contributed by atoms with E-state index in [1.54, 1.807) is 0 Å². The van der Waals surface area contributed by atoms with Crippen molar-refractivity contribution in [3.05, 3.63) is 29.8 Å². The fraction of sp³-hybridized carbons (Fsp3) is 0.462. The largest absolute Gasteiger partial charge is 0.384 e. The zero-order chi connectivity index (χ0) is 11.2. The van der Waals surface area contributed by atoms with Gasteiger partial charge in [-0.2, -0.15) is 17.0 Å². The third-order valence-corrected chi connectivity index (χ3v) is 4.02. The smallest absolute Gasteiger partial charge is 0.101 e. The van der Waals surface area contributed by atoms with Crippen molar-refractivity contribution in [1.82, 2.24) is 0 Å². The second-order valence-corrected chi connectivity index (χ2v) is 5.32. The summed E-state index contributed by atoms with van der Waals surface area (Å²) in [5.41, 5.74) is 1.72. The molecule has 0 aliphatic carbocycles. The zero-order valence-corrected chi connectivity index (χ0v) is 10.1. The fourth-order valence-corrected chi connectivity index (χ4v) is 3.14. The Morgan fingerprint density at radius 1 is 1.31 bits per heavy atom. The number of nitrogens with zero attached hydrogens (tertiary/aromatic N) is 1. The lowest BCUT2D eigenvalue weighted by Gasteiger charge is -2.22. The molecule has 0 aromatic heterocycles. The summed E-state index contributed by atoms with van der Waals surface area (Å²) in [5, 5.41) is 12.4. The standard InChI is InChI=1S/C13H16N2S/c14-9-12-3-1-2-4-13(12)15-10-11-5-7-16-8-6-11/h1-4,11,15H,5-8,10H2. The van der Waals surface area contributed by atoms with Gasteiger partial charge in [-0.1, -0.05) is 12.1 Å². The molecule has 3 heteroatoms. The number of benzene rings is 1. The quantitative estimate of drug-likeness (QED) is 0.869. The van der Waals surface area contributed by atoms with Gasteiger partial charge in [0.05, 0.1) is 11.3 Å². The highest BCUT2D eigenvalue weighted by Crippen LogP contribution is 2.23. The van der Waals surface area contributed by atoms with Crippen LogP contribution in [0.25, 0.3) is 0 Å². The molecule has 1 saturated heterocycles. The predicted octanol–water partition coefficient (Wildman–Crippen LogP) is 3.11. The summed E-state index contributed by atoms with van der Waals surface area (Å²) in [6.07, 6.45) is 2.60. The van der Waals surface area contributed by atoms with Gasteiger partial charge in [0.15, 0.2) is 0 Å². The molecule has 1 aromatic carbocycles. The van der Waals surface area contributed by atoms with Crippen LogP contribution in [0.2, 0.25) is 0 Å². The third kappa shape index (κ3) is 2.93. The molecular weight excluding hydrogens is 216 g/mol. The lowest BCUT2D eigenvalue weighted by atomic mass is 10.0. The fourth-order valence-electron chi connectivity index (χ4n) is 1.94. The van der Waals surface area contributed by atoms with Gasteiger partial charge in [-0.3, -0.25) is 0 Å². The number of hydrogen-bond acceptors (Lipinski definition) is 3. The molecule has 0 amide bonds. The Kier molecular flexibility index (Phi) is 4.12. The van der Waals surface area contributed by atoms with E-state index in [0.717, 1.165) is 23.7 Å². The molecule has 84 valence electrons. The number of para-hydroxylation sites is 1. The van der Waals surface area contributed by atoms with E-state index in [4.69, 9.17) is 5.26 Å². The normalized spacial score (nSPS) is 16.7. The van der Waals surface area contributed by atoms with Crippen molar-refractivity contribution in [3.8, 4) is 6.07 Å². The van der Waals surface area contributed by atoms with Gasteiger partial charge >= 0.3 is 0 Å². The molecule has 2 nitrogen and oxygen atoms in total. The van der Waals surface area contributed by atoms with E-state index >= 15 is 0 Å². The Balaban J connectivity index is 1.91. The Morgan fingerprint density at radius 3 is 2.81 bits per heavy atom. The van der Waals surface area contributed by atoms with Gasteiger partial charge in [0, 0.05) is 6.54 Å². The Labute approximate surface area is 101 Å². The number of nitriles is 1. The number of rotatable bonds is 3.